The van der Waals surface area contributed by atoms with Gasteiger partial charge in [0.25, 0.3) is 0 Å². The zero-order chi connectivity index (χ0) is 15.7. The molecule has 1 heterocycles. The molecule has 0 aliphatic carbocycles. The van der Waals surface area contributed by atoms with E-state index < -0.39 is 34.3 Å². The summed E-state index contributed by atoms with van der Waals surface area (Å²) in [5.74, 6) is -4.88. The van der Waals surface area contributed by atoms with Crippen LogP contribution < -0.4 is 5.32 Å². The molecule has 1 atom stereocenters. The first-order valence-electron chi connectivity index (χ1n) is 6.27. The van der Waals surface area contributed by atoms with Gasteiger partial charge in [-0.05, 0) is 17.7 Å². The zero-order valence-corrected chi connectivity index (χ0v) is 12.1. The van der Waals surface area contributed by atoms with E-state index in [0.717, 1.165) is 11.8 Å². The summed E-state index contributed by atoms with van der Waals surface area (Å²) in [5.41, 5.74) is 0.804. The number of nitrogens with one attached hydrogen (secondary N) is 1. The van der Waals surface area contributed by atoms with E-state index >= 15 is 0 Å². The number of rotatable bonds is 5. The monoisotopic (exact) mass is 319 g/mol. The lowest BCUT2D eigenvalue weighted by atomic mass is 10.2. The molecule has 0 radical (unpaired) electrons. The molecule has 0 aromatic heterocycles. The predicted octanol–water partition coefficient (Wildman–Crippen LogP) is 1.13. The molecule has 1 aromatic carbocycles. The number of cyclic esters (lactones) is 1. The smallest absolute Gasteiger partial charge is 0.377 e. The van der Waals surface area contributed by atoms with Crippen molar-refractivity contribution in [1.29, 1.82) is 0 Å². The average Bonchev–Trinajstić information content (AvgIpc) is 2.62. The first kappa shape index (κ1) is 15.8. The second-order valence-corrected chi connectivity index (χ2v) is 7.00. The highest BCUT2D eigenvalue weighted by atomic mass is 32.2. The third-order valence-electron chi connectivity index (χ3n) is 3.11. The topological polar surface area (TPSA) is 72.5 Å². The normalized spacial score (nSPS) is 21.3. The maximum Gasteiger partial charge on any atom is 0.377 e. The van der Waals surface area contributed by atoms with E-state index in [1.165, 1.54) is 12.1 Å². The highest BCUT2D eigenvalue weighted by molar-refractivity contribution is 7.90. The van der Waals surface area contributed by atoms with Gasteiger partial charge in [0, 0.05) is 19.3 Å². The summed E-state index contributed by atoms with van der Waals surface area (Å²) in [6, 6.07) is 6.24. The number of hydrogen-bond acceptors (Lipinski definition) is 5. The van der Waals surface area contributed by atoms with Gasteiger partial charge in [-0.25, -0.2) is 13.2 Å². The first-order chi connectivity index (χ1) is 9.68. The van der Waals surface area contributed by atoms with Crippen LogP contribution >= 0.6 is 0 Å². The zero-order valence-electron chi connectivity index (χ0n) is 11.3. The van der Waals surface area contributed by atoms with Crippen LogP contribution in [0.2, 0.25) is 0 Å². The van der Waals surface area contributed by atoms with Crippen LogP contribution in [0.15, 0.2) is 29.2 Å². The molecule has 1 aliphatic rings. The van der Waals surface area contributed by atoms with Crippen molar-refractivity contribution in [3.63, 3.8) is 0 Å². The van der Waals surface area contributed by atoms with Crippen molar-refractivity contribution in [2.45, 2.75) is 29.9 Å². The molecule has 5 nitrogen and oxygen atoms in total. The molecule has 0 saturated carbocycles. The third-order valence-corrected chi connectivity index (χ3v) is 4.24. The Bertz CT molecular complexity index is 628. The van der Waals surface area contributed by atoms with Crippen LogP contribution in [0, 0.1) is 0 Å². The minimum Gasteiger partial charge on any atom is -0.456 e. The van der Waals surface area contributed by atoms with E-state index in [-0.39, 0.29) is 11.4 Å². The van der Waals surface area contributed by atoms with E-state index in [1.807, 2.05) is 0 Å². The highest BCUT2D eigenvalue weighted by Gasteiger charge is 2.50. The Hall–Kier alpha value is -1.54. The van der Waals surface area contributed by atoms with Gasteiger partial charge < -0.3 is 10.1 Å². The summed E-state index contributed by atoms with van der Waals surface area (Å²) in [6.07, 6.45) is -0.344. The molecule has 116 valence electrons. The maximum atomic E-state index is 12.9. The third kappa shape index (κ3) is 3.98. The summed E-state index contributed by atoms with van der Waals surface area (Å²) in [4.78, 5) is 11.0. The first-order valence-corrected chi connectivity index (χ1v) is 8.16. The van der Waals surface area contributed by atoms with Crippen molar-refractivity contribution < 1.29 is 26.7 Å². The second-order valence-electron chi connectivity index (χ2n) is 4.98. The number of hydrogen-bond donors (Lipinski definition) is 1. The minimum absolute atomic E-state index is 0.120. The Morgan fingerprint density at radius 1 is 1.33 bits per heavy atom. The highest BCUT2D eigenvalue weighted by Crippen LogP contribution is 2.30. The van der Waals surface area contributed by atoms with Crippen molar-refractivity contribution in [2.75, 3.05) is 12.8 Å². The van der Waals surface area contributed by atoms with Crippen LogP contribution in [-0.2, 0) is 25.9 Å². The van der Waals surface area contributed by atoms with E-state index in [0.29, 0.717) is 6.54 Å². The molecule has 8 heteroatoms. The van der Waals surface area contributed by atoms with Crippen molar-refractivity contribution in [3.05, 3.63) is 29.8 Å². The van der Waals surface area contributed by atoms with Gasteiger partial charge in [-0.1, -0.05) is 12.1 Å². The van der Waals surface area contributed by atoms with Gasteiger partial charge in [-0.15, -0.1) is 0 Å². The number of esters is 1. The number of alkyl halides is 2. The number of ether oxygens (including phenoxy) is 1. The molecule has 0 amide bonds. The molecule has 21 heavy (non-hydrogen) atoms. The molecule has 1 fully saturated rings. The van der Waals surface area contributed by atoms with Crippen molar-refractivity contribution >= 4 is 15.8 Å². The molecule has 1 unspecified atom stereocenters. The number of benzene rings is 1. The fraction of sp³-hybridized carbons (Fsp3) is 0.462. The molecule has 1 aromatic rings. The Morgan fingerprint density at radius 3 is 2.43 bits per heavy atom. The molecule has 1 saturated heterocycles. The molecule has 1 aliphatic heterocycles. The standard InChI is InChI=1S/C13H15F2NO4S/c1-21(18,19)11-4-2-9(3-5-11)7-16-8-10-6-13(14,15)12(17)20-10/h2-5,10,16H,6-8H2,1H3. The second kappa shape index (κ2) is 5.69. The van der Waals surface area contributed by atoms with Crippen molar-refractivity contribution in [1.82, 2.24) is 5.32 Å². The van der Waals surface area contributed by atoms with Crippen molar-refractivity contribution in [3.8, 4) is 0 Å². The van der Waals surface area contributed by atoms with Crippen molar-refractivity contribution in [2.24, 2.45) is 0 Å². The summed E-state index contributed by atoms with van der Waals surface area (Å²) in [7, 11) is -3.23. The van der Waals surface area contributed by atoms with Crippen LogP contribution in [-0.4, -0.2) is 39.2 Å². The fourth-order valence-corrected chi connectivity index (χ4v) is 2.62. The van der Waals surface area contributed by atoms with E-state index in [1.54, 1.807) is 12.1 Å². The molecule has 0 bridgehead atoms. The Kier molecular flexibility index (Phi) is 4.29. The van der Waals surface area contributed by atoms with Gasteiger partial charge in [0.15, 0.2) is 9.84 Å². The Balaban J connectivity index is 1.83. The summed E-state index contributed by atoms with van der Waals surface area (Å²) in [6.45, 7) is 0.485. The van der Waals surface area contributed by atoms with Gasteiger partial charge in [0.2, 0.25) is 0 Å². The van der Waals surface area contributed by atoms with Gasteiger partial charge in [-0.3, -0.25) is 0 Å². The predicted molar refractivity (Wildman–Crippen MR) is 70.7 cm³/mol. The van der Waals surface area contributed by atoms with Gasteiger partial charge in [-0.2, -0.15) is 8.78 Å². The lowest BCUT2D eigenvalue weighted by Gasteiger charge is -2.10. The number of sulfone groups is 1. The quantitative estimate of drug-likeness (QED) is 0.824. The van der Waals surface area contributed by atoms with Gasteiger partial charge >= 0.3 is 11.9 Å². The Labute approximate surface area is 121 Å². The van der Waals surface area contributed by atoms with Crippen LogP contribution in [0.3, 0.4) is 0 Å². The van der Waals surface area contributed by atoms with Crippen LogP contribution in [0.5, 0.6) is 0 Å². The number of carbonyl (C=O) groups excluding carboxylic acids is 1. The average molecular weight is 319 g/mol. The molecular formula is C13H15F2NO4S. The van der Waals surface area contributed by atoms with Gasteiger partial charge in [0.1, 0.15) is 6.10 Å². The number of halogens is 2. The number of carbonyl (C=O) groups is 1. The van der Waals surface area contributed by atoms with Gasteiger partial charge in [0.05, 0.1) is 11.3 Å². The molecule has 2 rings (SSSR count). The van der Waals surface area contributed by atoms with E-state index in [2.05, 4.69) is 10.1 Å². The lowest BCUT2D eigenvalue weighted by Crippen LogP contribution is -2.26. The van der Waals surface area contributed by atoms with Crippen LogP contribution in [0.1, 0.15) is 12.0 Å². The molecule has 0 spiro atoms. The van der Waals surface area contributed by atoms with E-state index in [4.69, 9.17) is 0 Å². The van der Waals surface area contributed by atoms with Crippen LogP contribution in [0.4, 0.5) is 8.78 Å². The fourth-order valence-electron chi connectivity index (χ4n) is 1.99. The summed E-state index contributed by atoms with van der Waals surface area (Å²) >= 11 is 0. The summed E-state index contributed by atoms with van der Waals surface area (Å²) in [5, 5.41) is 2.90. The lowest BCUT2D eigenvalue weighted by molar-refractivity contribution is -0.159. The largest absolute Gasteiger partial charge is 0.456 e. The molecule has 1 N–H and O–H groups in total. The SMILES string of the molecule is CS(=O)(=O)c1ccc(CNCC2CC(F)(F)C(=O)O2)cc1. The summed E-state index contributed by atoms with van der Waals surface area (Å²) < 4.78 is 53.0. The minimum atomic E-state index is -3.40. The molecular weight excluding hydrogens is 304 g/mol. The Morgan fingerprint density at radius 2 is 1.95 bits per heavy atom. The van der Waals surface area contributed by atoms with E-state index in [9.17, 15) is 22.0 Å². The van der Waals surface area contributed by atoms with Crippen LogP contribution in [0.25, 0.3) is 0 Å². The maximum absolute atomic E-state index is 12.9.